The van der Waals surface area contributed by atoms with Gasteiger partial charge in [-0.15, -0.1) is 0 Å². The number of piperidine rings is 1. The van der Waals surface area contributed by atoms with Crippen LogP contribution in [0.3, 0.4) is 0 Å². The highest BCUT2D eigenvalue weighted by atomic mass is 127. The summed E-state index contributed by atoms with van der Waals surface area (Å²) in [7, 11) is 2.03. The van der Waals surface area contributed by atoms with Gasteiger partial charge in [-0.1, -0.05) is 13.8 Å². The first-order valence-corrected chi connectivity index (χ1v) is 6.39. The van der Waals surface area contributed by atoms with Crippen LogP contribution in [0.25, 0.3) is 0 Å². The van der Waals surface area contributed by atoms with Crippen LogP contribution in [0.5, 0.6) is 0 Å². The first-order chi connectivity index (χ1) is 6.58. The van der Waals surface area contributed by atoms with Gasteiger partial charge in [-0.05, 0) is 18.3 Å². The number of nitrogens with zero attached hydrogens (tertiary/aromatic N) is 2. The van der Waals surface area contributed by atoms with Crippen LogP contribution in [-0.2, 0) is 0 Å². The van der Waals surface area contributed by atoms with Crippen molar-refractivity contribution in [3.8, 4) is 0 Å². The van der Waals surface area contributed by atoms with Gasteiger partial charge in [0, 0.05) is 56.1 Å². The summed E-state index contributed by atoms with van der Waals surface area (Å²) in [4.78, 5) is 2.58. The number of halogens is 1. The van der Waals surface area contributed by atoms with Crippen LogP contribution in [0.15, 0.2) is 0 Å². The molecule has 1 heterocycles. The first-order valence-electron chi connectivity index (χ1n) is 5.43. The molecule has 2 unspecified atom stereocenters. The number of hydrazine groups is 1. The van der Waals surface area contributed by atoms with E-state index in [-0.39, 0.29) is 0 Å². The molecule has 14 heavy (non-hydrogen) atoms. The van der Waals surface area contributed by atoms with Crippen molar-refractivity contribution in [1.82, 2.24) is 13.5 Å². The SMILES string of the molecule is CC1CC(C)CN(CCNN(C)I)C1. The Morgan fingerprint density at radius 1 is 1.36 bits per heavy atom. The molecule has 1 rings (SSSR count). The van der Waals surface area contributed by atoms with Crippen LogP contribution >= 0.6 is 22.9 Å². The molecule has 0 aromatic carbocycles. The van der Waals surface area contributed by atoms with E-state index in [0.717, 1.165) is 18.4 Å². The van der Waals surface area contributed by atoms with E-state index in [2.05, 4.69) is 47.0 Å². The lowest BCUT2D eigenvalue weighted by Gasteiger charge is -2.35. The average molecular weight is 311 g/mol. The Morgan fingerprint density at radius 2 is 1.93 bits per heavy atom. The van der Waals surface area contributed by atoms with Gasteiger partial charge in [0.05, 0.1) is 0 Å². The molecule has 0 aromatic heterocycles. The fourth-order valence-electron chi connectivity index (χ4n) is 2.34. The third kappa shape index (κ3) is 4.91. The Labute approximate surface area is 102 Å². The zero-order chi connectivity index (χ0) is 10.6. The Morgan fingerprint density at radius 3 is 2.43 bits per heavy atom. The van der Waals surface area contributed by atoms with Crippen molar-refractivity contribution in [1.29, 1.82) is 0 Å². The molecule has 0 amide bonds. The predicted octanol–water partition coefficient (Wildman–Crippen LogP) is 1.75. The predicted molar refractivity (Wildman–Crippen MR) is 69.2 cm³/mol. The maximum Gasteiger partial charge on any atom is 0.0364 e. The minimum absolute atomic E-state index is 0.871. The number of hydrogen-bond acceptors (Lipinski definition) is 3. The molecule has 1 N–H and O–H groups in total. The summed E-state index contributed by atoms with van der Waals surface area (Å²) < 4.78 is 1.99. The molecule has 3 nitrogen and oxygen atoms in total. The van der Waals surface area contributed by atoms with Crippen LogP contribution in [-0.4, -0.2) is 41.3 Å². The molecular formula is C10H22IN3. The van der Waals surface area contributed by atoms with E-state index in [0.29, 0.717) is 0 Å². The van der Waals surface area contributed by atoms with E-state index >= 15 is 0 Å². The smallest absolute Gasteiger partial charge is 0.0364 e. The molecule has 0 radical (unpaired) electrons. The van der Waals surface area contributed by atoms with E-state index in [9.17, 15) is 0 Å². The maximum absolute atomic E-state index is 3.30. The zero-order valence-corrected chi connectivity index (χ0v) is 11.6. The summed E-state index contributed by atoms with van der Waals surface area (Å²) >= 11 is 2.25. The molecule has 1 fully saturated rings. The second-order valence-electron chi connectivity index (χ2n) is 4.59. The highest BCUT2D eigenvalue weighted by molar-refractivity contribution is 14.1. The monoisotopic (exact) mass is 311 g/mol. The lowest BCUT2D eigenvalue weighted by molar-refractivity contribution is 0.138. The van der Waals surface area contributed by atoms with Crippen LogP contribution in [0.2, 0.25) is 0 Å². The molecule has 0 bridgehead atoms. The van der Waals surface area contributed by atoms with Crippen LogP contribution < -0.4 is 5.43 Å². The van der Waals surface area contributed by atoms with E-state index in [1.165, 1.54) is 26.1 Å². The van der Waals surface area contributed by atoms with E-state index < -0.39 is 0 Å². The van der Waals surface area contributed by atoms with Gasteiger partial charge in [-0.3, -0.25) is 0 Å². The van der Waals surface area contributed by atoms with Gasteiger partial charge in [0.25, 0.3) is 0 Å². The third-order valence-electron chi connectivity index (χ3n) is 2.70. The Balaban J connectivity index is 2.17. The Hall–Kier alpha value is 0.610. The highest BCUT2D eigenvalue weighted by Crippen LogP contribution is 2.20. The van der Waals surface area contributed by atoms with Gasteiger partial charge in [-0.25, -0.2) is 5.43 Å². The van der Waals surface area contributed by atoms with E-state index in [1.807, 2.05) is 10.3 Å². The summed E-state index contributed by atoms with van der Waals surface area (Å²) in [6.45, 7) is 9.50. The van der Waals surface area contributed by atoms with Crippen molar-refractivity contribution in [2.45, 2.75) is 20.3 Å². The molecule has 2 atom stereocenters. The van der Waals surface area contributed by atoms with Crippen molar-refractivity contribution in [2.75, 3.05) is 33.2 Å². The summed E-state index contributed by atoms with van der Waals surface area (Å²) in [6.07, 6.45) is 1.40. The number of rotatable bonds is 4. The first kappa shape index (κ1) is 12.7. The largest absolute Gasteiger partial charge is 0.301 e. The van der Waals surface area contributed by atoms with Crippen molar-refractivity contribution in [2.24, 2.45) is 11.8 Å². The minimum atomic E-state index is 0.871. The van der Waals surface area contributed by atoms with Gasteiger partial charge in [0.2, 0.25) is 0 Å². The second kappa shape index (κ2) is 6.25. The second-order valence-corrected chi connectivity index (χ2v) is 6.04. The molecule has 0 spiro atoms. The van der Waals surface area contributed by atoms with E-state index in [4.69, 9.17) is 0 Å². The van der Waals surface area contributed by atoms with Crippen LogP contribution in [0.4, 0.5) is 0 Å². The normalized spacial score (nSPS) is 29.8. The fourth-order valence-corrected chi connectivity index (χ4v) is 2.58. The molecular weight excluding hydrogens is 289 g/mol. The summed E-state index contributed by atoms with van der Waals surface area (Å²) in [6, 6.07) is 0. The molecule has 0 aromatic rings. The molecule has 4 heteroatoms. The fraction of sp³-hybridized carbons (Fsp3) is 1.00. The molecule has 1 saturated heterocycles. The lowest BCUT2D eigenvalue weighted by atomic mass is 9.92. The van der Waals surface area contributed by atoms with E-state index in [1.54, 1.807) is 0 Å². The van der Waals surface area contributed by atoms with Gasteiger partial charge in [0.15, 0.2) is 0 Å². The average Bonchev–Trinajstić information content (AvgIpc) is 2.01. The van der Waals surface area contributed by atoms with Gasteiger partial charge in [-0.2, -0.15) is 3.22 Å². The molecule has 0 aliphatic carbocycles. The van der Waals surface area contributed by atoms with Gasteiger partial charge < -0.3 is 4.90 Å². The lowest BCUT2D eigenvalue weighted by Crippen LogP contribution is -2.43. The van der Waals surface area contributed by atoms with Crippen LogP contribution in [0, 0.1) is 11.8 Å². The molecule has 1 aliphatic rings. The highest BCUT2D eigenvalue weighted by Gasteiger charge is 2.20. The number of hydrogen-bond donors (Lipinski definition) is 1. The number of nitrogens with one attached hydrogen (secondary N) is 1. The molecule has 84 valence electrons. The summed E-state index contributed by atoms with van der Waals surface area (Å²) in [5, 5.41) is 0. The summed E-state index contributed by atoms with van der Waals surface area (Å²) in [5.41, 5.74) is 3.30. The van der Waals surface area contributed by atoms with Crippen molar-refractivity contribution in [3.05, 3.63) is 0 Å². The zero-order valence-electron chi connectivity index (χ0n) is 9.46. The van der Waals surface area contributed by atoms with Crippen molar-refractivity contribution in [3.63, 3.8) is 0 Å². The molecule has 0 saturated carbocycles. The topological polar surface area (TPSA) is 18.5 Å². The summed E-state index contributed by atoms with van der Waals surface area (Å²) in [5.74, 6) is 1.74. The maximum atomic E-state index is 3.30. The number of likely N-dealkylation sites (tertiary alicyclic amines) is 1. The van der Waals surface area contributed by atoms with Crippen molar-refractivity contribution >= 4 is 22.9 Å². The Kier molecular flexibility index (Phi) is 5.66. The quantitative estimate of drug-likeness (QED) is 0.485. The minimum Gasteiger partial charge on any atom is -0.301 e. The Bertz CT molecular complexity index is 153. The third-order valence-corrected chi connectivity index (χ3v) is 3.04. The standard InChI is InChI=1S/C10H22IN3/c1-9-6-10(2)8-14(7-9)5-4-12-13(3)11/h9-10,12H,4-8H2,1-3H3. The molecule has 1 aliphatic heterocycles. The van der Waals surface area contributed by atoms with Crippen LogP contribution in [0.1, 0.15) is 20.3 Å². The van der Waals surface area contributed by atoms with Gasteiger partial charge >= 0.3 is 0 Å². The van der Waals surface area contributed by atoms with Gasteiger partial charge in [0.1, 0.15) is 0 Å². The van der Waals surface area contributed by atoms with Crippen molar-refractivity contribution < 1.29 is 0 Å².